The number of hydrogen-bond donors (Lipinski definition) is 1. The third-order valence-electron chi connectivity index (χ3n) is 4.44. The summed E-state index contributed by atoms with van der Waals surface area (Å²) in [6, 6.07) is 11.5. The second-order valence-corrected chi connectivity index (χ2v) is 8.54. The number of benzene rings is 2. The molecule has 1 amide bonds. The third kappa shape index (κ3) is 4.11. The molecule has 1 heterocycles. The first-order chi connectivity index (χ1) is 12.4. The van der Waals surface area contributed by atoms with Crippen molar-refractivity contribution in [3.8, 4) is 0 Å². The Balaban J connectivity index is 1.82. The molecule has 26 heavy (non-hydrogen) atoms. The van der Waals surface area contributed by atoms with Crippen molar-refractivity contribution in [2.24, 2.45) is 5.92 Å². The standard InChI is InChI=1S/C19H21FN2O3S/c1-14-5-4-10-22(13-14)26(24,25)18-9-2-6-15(11-18)19(23)21-17-8-3-7-16(20)12-17/h2-3,6-9,11-12,14H,4-5,10,13H2,1H3,(H,21,23). The van der Waals surface area contributed by atoms with E-state index in [1.807, 2.05) is 6.92 Å². The van der Waals surface area contributed by atoms with Crippen molar-refractivity contribution in [1.29, 1.82) is 0 Å². The molecular formula is C19H21FN2O3S. The molecule has 0 aromatic heterocycles. The summed E-state index contributed by atoms with van der Waals surface area (Å²) in [5.74, 6) is -0.629. The number of anilines is 1. The zero-order chi connectivity index (χ0) is 18.7. The van der Waals surface area contributed by atoms with Gasteiger partial charge in [-0.1, -0.05) is 19.1 Å². The molecule has 138 valence electrons. The smallest absolute Gasteiger partial charge is 0.255 e. The van der Waals surface area contributed by atoms with Crippen molar-refractivity contribution < 1.29 is 17.6 Å². The Morgan fingerprint density at radius 3 is 2.69 bits per heavy atom. The number of rotatable bonds is 4. The number of carbonyl (C=O) groups excluding carboxylic acids is 1. The molecule has 0 bridgehead atoms. The van der Waals surface area contributed by atoms with Crippen molar-refractivity contribution >= 4 is 21.6 Å². The Hall–Kier alpha value is -2.25. The zero-order valence-corrected chi connectivity index (χ0v) is 15.3. The van der Waals surface area contributed by atoms with Crippen LogP contribution in [-0.4, -0.2) is 31.7 Å². The van der Waals surface area contributed by atoms with E-state index in [0.29, 0.717) is 24.7 Å². The first-order valence-corrected chi connectivity index (χ1v) is 9.97. The summed E-state index contributed by atoms with van der Waals surface area (Å²) in [5.41, 5.74) is 0.522. The van der Waals surface area contributed by atoms with E-state index in [1.165, 1.54) is 40.7 Å². The van der Waals surface area contributed by atoms with Gasteiger partial charge in [0.25, 0.3) is 5.91 Å². The van der Waals surface area contributed by atoms with E-state index in [0.717, 1.165) is 12.8 Å². The first-order valence-electron chi connectivity index (χ1n) is 8.53. The molecule has 5 nitrogen and oxygen atoms in total. The van der Waals surface area contributed by atoms with Crippen LogP contribution in [0.1, 0.15) is 30.1 Å². The minimum atomic E-state index is -3.64. The normalized spacial score (nSPS) is 18.5. The maximum Gasteiger partial charge on any atom is 0.255 e. The lowest BCUT2D eigenvalue weighted by atomic mass is 10.0. The number of sulfonamides is 1. The van der Waals surface area contributed by atoms with E-state index < -0.39 is 21.7 Å². The lowest BCUT2D eigenvalue weighted by molar-refractivity contribution is 0.102. The Bertz CT molecular complexity index is 915. The predicted octanol–water partition coefficient (Wildman–Crippen LogP) is 3.50. The first kappa shape index (κ1) is 18.5. The lowest BCUT2D eigenvalue weighted by Gasteiger charge is -2.30. The summed E-state index contributed by atoms with van der Waals surface area (Å²) in [6.07, 6.45) is 1.85. The quantitative estimate of drug-likeness (QED) is 0.888. The van der Waals surface area contributed by atoms with Gasteiger partial charge in [-0.15, -0.1) is 0 Å². The predicted molar refractivity (Wildman–Crippen MR) is 98.0 cm³/mol. The van der Waals surface area contributed by atoms with E-state index in [-0.39, 0.29) is 10.5 Å². The molecule has 1 fully saturated rings. The highest BCUT2D eigenvalue weighted by Crippen LogP contribution is 2.24. The molecule has 1 N–H and O–H groups in total. The van der Waals surface area contributed by atoms with E-state index in [2.05, 4.69) is 5.32 Å². The third-order valence-corrected chi connectivity index (χ3v) is 6.30. The van der Waals surface area contributed by atoms with Crippen LogP contribution in [0.5, 0.6) is 0 Å². The van der Waals surface area contributed by atoms with Crippen LogP contribution in [0.25, 0.3) is 0 Å². The molecular weight excluding hydrogens is 355 g/mol. The highest BCUT2D eigenvalue weighted by molar-refractivity contribution is 7.89. The molecule has 3 rings (SSSR count). The van der Waals surface area contributed by atoms with Crippen LogP contribution < -0.4 is 5.32 Å². The minimum absolute atomic E-state index is 0.0958. The number of halogens is 1. The van der Waals surface area contributed by atoms with Gasteiger partial charge < -0.3 is 5.32 Å². The summed E-state index contributed by atoms with van der Waals surface area (Å²) in [6.45, 7) is 3.01. The van der Waals surface area contributed by atoms with Gasteiger partial charge in [-0.2, -0.15) is 4.31 Å². The summed E-state index contributed by atoms with van der Waals surface area (Å²) in [5, 5.41) is 2.58. The number of nitrogens with one attached hydrogen (secondary N) is 1. The van der Waals surface area contributed by atoms with Crippen molar-refractivity contribution in [3.63, 3.8) is 0 Å². The van der Waals surface area contributed by atoms with Crippen LogP contribution in [0, 0.1) is 11.7 Å². The van der Waals surface area contributed by atoms with Gasteiger partial charge in [-0.3, -0.25) is 4.79 Å². The second-order valence-electron chi connectivity index (χ2n) is 6.60. The van der Waals surface area contributed by atoms with Crippen molar-refractivity contribution in [2.45, 2.75) is 24.7 Å². The monoisotopic (exact) mass is 376 g/mol. The van der Waals surface area contributed by atoms with Gasteiger partial charge in [0.05, 0.1) is 4.90 Å². The summed E-state index contributed by atoms with van der Waals surface area (Å²) < 4.78 is 40.4. The van der Waals surface area contributed by atoms with Crippen LogP contribution in [0.4, 0.5) is 10.1 Å². The number of hydrogen-bond acceptors (Lipinski definition) is 3. The van der Waals surface area contributed by atoms with Gasteiger partial charge in [0.1, 0.15) is 5.82 Å². The zero-order valence-electron chi connectivity index (χ0n) is 14.5. The largest absolute Gasteiger partial charge is 0.322 e. The van der Waals surface area contributed by atoms with Gasteiger partial charge in [0.15, 0.2) is 0 Å². The average Bonchev–Trinajstić information content (AvgIpc) is 2.62. The number of carbonyl (C=O) groups is 1. The molecule has 2 aromatic rings. The molecule has 7 heteroatoms. The summed E-state index contributed by atoms with van der Waals surface area (Å²) in [4.78, 5) is 12.5. The maximum absolute atomic E-state index is 13.2. The fourth-order valence-electron chi connectivity index (χ4n) is 3.08. The molecule has 0 saturated carbocycles. The molecule has 2 aromatic carbocycles. The average molecular weight is 376 g/mol. The summed E-state index contributed by atoms with van der Waals surface area (Å²) >= 11 is 0. The van der Waals surface area contributed by atoms with Gasteiger partial charge in [-0.25, -0.2) is 12.8 Å². The van der Waals surface area contributed by atoms with E-state index in [4.69, 9.17) is 0 Å². The fraction of sp³-hybridized carbons (Fsp3) is 0.316. The molecule has 1 atom stereocenters. The fourth-order valence-corrected chi connectivity index (χ4v) is 4.73. The highest BCUT2D eigenvalue weighted by Gasteiger charge is 2.29. The number of amides is 1. The summed E-state index contributed by atoms with van der Waals surface area (Å²) in [7, 11) is -3.64. The highest BCUT2D eigenvalue weighted by atomic mass is 32.2. The molecule has 0 radical (unpaired) electrons. The van der Waals surface area contributed by atoms with Crippen LogP contribution in [0.3, 0.4) is 0 Å². The molecule has 1 aliphatic heterocycles. The van der Waals surface area contributed by atoms with Crippen LogP contribution in [0.15, 0.2) is 53.4 Å². The van der Waals surface area contributed by atoms with Crippen molar-refractivity contribution in [1.82, 2.24) is 4.31 Å². The van der Waals surface area contributed by atoms with Crippen molar-refractivity contribution in [2.75, 3.05) is 18.4 Å². The Morgan fingerprint density at radius 2 is 1.96 bits per heavy atom. The number of piperidine rings is 1. The Labute approximate surface area is 152 Å². The SMILES string of the molecule is CC1CCCN(S(=O)(=O)c2cccc(C(=O)Nc3cccc(F)c3)c2)C1. The van der Waals surface area contributed by atoms with Crippen LogP contribution in [0.2, 0.25) is 0 Å². The molecule has 0 spiro atoms. The lowest BCUT2D eigenvalue weighted by Crippen LogP contribution is -2.39. The van der Waals surface area contributed by atoms with Gasteiger partial charge in [0.2, 0.25) is 10.0 Å². The van der Waals surface area contributed by atoms with E-state index in [1.54, 1.807) is 12.1 Å². The maximum atomic E-state index is 13.2. The Morgan fingerprint density at radius 1 is 1.19 bits per heavy atom. The van der Waals surface area contributed by atoms with Gasteiger partial charge in [-0.05, 0) is 55.2 Å². The van der Waals surface area contributed by atoms with Crippen molar-refractivity contribution in [3.05, 3.63) is 59.9 Å². The molecule has 1 saturated heterocycles. The van der Waals surface area contributed by atoms with E-state index in [9.17, 15) is 17.6 Å². The van der Waals surface area contributed by atoms with Gasteiger partial charge >= 0.3 is 0 Å². The van der Waals surface area contributed by atoms with E-state index >= 15 is 0 Å². The molecule has 1 unspecified atom stereocenters. The molecule has 0 aliphatic carbocycles. The number of nitrogens with zero attached hydrogens (tertiary/aromatic N) is 1. The minimum Gasteiger partial charge on any atom is -0.322 e. The molecule has 1 aliphatic rings. The van der Waals surface area contributed by atoms with Crippen LogP contribution in [-0.2, 0) is 10.0 Å². The Kier molecular flexibility index (Phi) is 5.38. The second kappa shape index (κ2) is 7.55. The topological polar surface area (TPSA) is 66.5 Å². The van der Waals surface area contributed by atoms with Gasteiger partial charge in [0, 0.05) is 24.3 Å². The van der Waals surface area contributed by atoms with Crippen LogP contribution >= 0.6 is 0 Å².